The Balaban J connectivity index is 2.09. The van der Waals surface area contributed by atoms with E-state index in [-0.39, 0.29) is 11.3 Å². The molecule has 0 aromatic heterocycles. The van der Waals surface area contributed by atoms with Crippen molar-refractivity contribution in [3.63, 3.8) is 0 Å². The van der Waals surface area contributed by atoms with Crippen molar-refractivity contribution in [1.82, 2.24) is 0 Å². The topological polar surface area (TPSA) is 90.9 Å². The second kappa shape index (κ2) is 8.84. The van der Waals surface area contributed by atoms with Gasteiger partial charge in [0.15, 0.2) is 11.9 Å². The number of anilines is 1. The van der Waals surface area contributed by atoms with Crippen molar-refractivity contribution >= 4 is 23.3 Å². The molecule has 2 aromatic rings. The third-order valence-corrected chi connectivity index (χ3v) is 3.82. The number of hydrogen-bond acceptors (Lipinski definition) is 6. The quantitative estimate of drug-likeness (QED) is 0.594. The molecular formula is C20H21NO6. The summed E-state index contributed by atoms with van der Waals surface area (Å²) in [6.45, 7) is 2.89. The molecule has 0 aliphatic carbocycles. The highest BCUT2D eigenvalue weighted by atomic mass is 16.5. The van der Waals surface area contributed by atoms with Crippen LogP contribution in [0.25, 0.3) is 0 Å². The lowest BCUT2D eigenvalue weighted by Gasteiger charge is -2.15. The lowest BCUT2D eigenvalue weighted by Crippen LogP contribution is -2.30. The maximum atomic E-state index is 12.4. The van der Waals surface area contributed by atoms with Crippen LogP contribution >= 0.6 is 0 Å². The SMILES string of the molecule is COc1ccc(OC)c(C(=O)O[C@@H](C)C(=O)Nc2cccc(C(C)=O)c2)c1. The summed E-state index contributed by atoms with van der Waals surface area (Å²) in [5.74, 6) is -0.587. The van der Waals surface area contributed by atoms with Gasteiger partial charge in [0.05, 0.1) is 14.2 Å². The first-order valence-electron chi connectivity index (χ1n) is 8.20. The van der Waals surface area contributed by atoms with Crippen LogP contribution < -0.4 is 14.8 Å². The zero-order valence-corrected chi connectivity index (χ0v) is 15.6. The van der Waals surface area contributed by atoms with Crippen molar-refractivity contribution in [2.45, 2.75) is 20.0 Å². The van der Waals surface area contributed by atoms with Crippen LogP contribution in [0.1, 0.15) is 34.6 Å². The summed E-state index contributed by atoms with van der Waals surface area (Å²) in [6.07, 6.45) is -1.06. The fourth-order valence-electron chi connectivity index (χ4n) is 2.31. The Morgan fingerprint density at radius 3 is 2.37 bits per heavy atom. The minimum absolute atomic E-state index is 0.115. The molecule has 0 unspecified atom stereocenters. The molecule has 2 rings (SSSR count). The van der Waals surface area contributed by atoms with E-state index in [1.165, 1.54) is 34.1 Å². The van der Waals surface area contributed by atoms with Gasteiger partial charge in [-0.15, -0.1) is 0 Å². The fourth-order valence-corrected chi connectivity index (χ4v) is 2.31. The molecule has 2 aromatic carbocycles. The van der Waals surface area contributed by atoms with Gasteiger partial charge in [-0.1, -0.05) is 12.1 Å². The monoisotopic (exact) mass is 371 g/mol. The molecule has 1 N–H and O–H groups in total. The van der Waals surface area contributed by atoms with E-state index in [4.69, 9.17) is 14.2 Å². The van der Waals surface area contributed by atoms with Crippen LogP contribution in [0.4, 0.5) is 5.69 Å². The molecule has 0 bridgehead atoms. The van der Waals surface area contributed by atoms with Gasteiger partial charge in [0, 0.05) is 11.3 Å². The van der Waals surface area contributed by atoms with Crippen molar-refractivity contribution in [2.24, 2.45) is 0 Å². The first kappa shape index (κ1) is 20.0. The Bertz CT molecular complexity index is 861. The van der Waals surface area contributed by atoms with Gasteiger partial charge in [-0.3, -0.25) is 9.59 Å². The van der Waals surface area contributed by atoms with Gasteiger partial charge < -0.3 is 19.5 Å². The van der Waals surface area contributed by atoms with E-state index in [9.17, 15) is 14.4 Å². The van der Waals surface area contributed by atoms with Gasteiger partial charge in [-0.05, 0) is 44.2 Å². The van der Waals surface area contributed by atoms with E-state index in [2.05, 4.69) is 5.32 Å². The molecular weight excluding hydrogens is 350 g/mol. The lowest BCUT2D eigenvalue weighted by molar-refractivity contribution is -0.123. The van der Waals surface area contributed by atoms with E-state index in [0.717, 1.165) is 0 Å². The first-order chi connectivity index (χ1) is 12.8. The van der Waals surface area contributed by atoms with Crippen molar-refractivity contribution in [3.05, 3.63) is 53.6 Å². The fraction of sp³-hybridized carbons (Fsp3) is 0.250. The average Bonchev–Trinajstić information content (AvgIpc) is 2.67. The number of rotatable bonds is 7. The highest BCUT2D eigenvalue weighted by Gasteiger charge is 2.22. The minimum Gasteiger partial charge on any atom is -0.497 e. The number of amides is 1. The van der Waals surface area contributed by atoms with Crippen LogP contribution in [0.5, 0.6) is 11.5 Å². The number of hydrogen-bond donors (Lipinski definition) is 1. The molecule has 1 amide bonds. The summed E-state index contributed by atoms with van der Waals surface area (Å²) in [7, 11) is 2.90. The summed E-state index contributed by atoms with van der Waals surface area (Å²) in [6, 6.07) is 11.2. The number of ketones is 1. The van der Waals surface area contributed by atoms with Crippen LogP contribution in [-0.2, 0) is 9.53 Å². The number of ether oxygens (including phenoxy) is 3. The lowest BCUT2D eigenvalue weighted by atomic mass is 10.1. The Kier molecular flexibility index (Phi) is 6.54. The standard InChI is InChI=1S/C20H21NO6/c1-12(22)14-6-5-7-15(10-14)21-19(23)13(2)27-20(24)17-11-16(25-3)8-9-18(17)26-4/h5-11,13H,1-4H3,(H,21,23)/t13-/m0/s1. The second-order valence-corrected chi connectivity index (χ2v) is 5.74. The molecule has 0 aliphatic heterocycles. The normalized spacial score (nSPS) is 11.3. The number of nitrogens with one attached hydrogen (secondary N) is 1. The second-order valence-electron chi connectivity index (χ2n) is 5.74. The van der Waals surface area contributed by atoms with Crippen LogP contribution in [0, 0.1) is 0 Å². The molecule has 27 heavy (non-hydrogen) atoms. The molecule has 1 atom stereocenters. The number of Topliss-reactive ketones (excluding diaryl/α,β-unsaturated/α-hetero) is 1. The maximum absolute atomic E-state index is 12.4. The molecule has 0 fully saturated rings. The first-order valence-corrected chi connectivity index (χ1v) is 8.20. The number of carbonyl (C=O) groups excluding carboxylic acids is 3. The van der Waals surface area contributed by atoms with Gasteiger partial charge >= 0.3 is 5.97 Å². The molecule has 0 saturated carbocycles. The van der Waals surface area contributed by atoms with Crippen molar-refractivity contribution < 1.29 is 28.6 Å². The van der Waals surface area contributed by atoms with Crippen molar-refractivity contribution in [2.75, 3.05) is 19.5 Å². The van der Waals surface area contributed by atoms with E-state index < -0.39 is 18.0 Å². The molecule has 0 spiro atoms. The van der Waals surface area contributed by atoms with Gasteiger partial charge in [-0.25, -0.2) is 4.79 Å². The van der Waals surface area contributed by atoms with E-state index in [1.54, 1.807) is 36.4 Å². The molecule has 0 heterocycles. The summed E-state index contributed by atoms with van der Waals surface area (Å²) in [5, 5.41) is 2.62. The van der Waals surface area contributed by atoms with Crippen LogP contribution in [0.3, 0.4) is 0 Å². The van der Waals surface area contributed by atoms with Crippen LogP contribution in [-0.4, -0.2) is 38.0 Å². The highest BCUT2D eigenvalue weighted by molar-refractivity contribution is 6.00. The zero-order valence-electron chi connectivity index (χ0n) is 15.6. The third-order valence-electron chi connectivity index (χ3n) is 3.82. The Morgan fingerprint density at radius 1 is 1.00 bits per heavy atom. The average molecular weight is 371 g/mol. The van der Waals surface area contributed by atoms with Crippen molar-refractivity contribution in [3.8, 4) is 11.5 Å². The largest absolute Gasteiger partial charge is 0.497 e. The van der Waals surface area contributed by atoms with E-state index in [0.29, 0.717) is 22.7 Å². The summed E-state index contributed by atoms with van der Waals surface area (Å²) in [4.78, 5) is 36.2. The zero-order chi connectivity index (χ0) is 20.0. The minimum atomic E-state index is -1.06. The molecule has 0 radical (unpaired) electrons. The molecule has 7 nitrogen and oxygen atoms in total. The smallest absolute Gasteiger partial charge is 0.342 e. The molecule has 0 aliphatic rings. The summed E-state index contributed by atoms with van der Waals surface area (Å²) in [5.41, 5.74) is 1.06. The third kappa shape index (κ3) is 5.07. The molecule has 7 heteroatoms. The van der Waals surface area contributed by atoms with E-state index in [1.807, 2.05) is 0 Å². The number of carbonyl (C=O) groups is 3. The Morgan fingerprint density at radius 2 is 1.74 bits per heavy atom. The molecule has 0 saturated heterocycles. The summed E-state index contributed by atoms with van der Waals surface area (Å²) < 4.78 is 15.5. The number of benzene rings is 2. The highest BCUT2D eigenvalue weighted by Crippen LogP contribution is 2.25. The van der Waals surface area contributed by atoms with Gasteiger partial charge in [0.2, 0.25) is 0 Å². The predicted molar refractivity (Wildman–Crippen MR) is 99.5 cm³/mol. The number of esters is 1. The Hall–Kier alpha value is -3.35. The number of methoxy groups -OCH3 is 2. The van der Waals surface area contributed by atoms with Gasteiger partial charge in [0.25, 0.3) is 5.91 Å². The molecule has 142 valence electrons. The van der Waals surface area contributed by atoms with Crippen LogP contribution in [0.2, 0.25) is 0 Å². The van der Waals surface area contributed by atoms with Gasteiger partial charge in [0.1, 0.15) is 17.1 Å². The predicted octanol–water partition coefficient (Wildman–Crippen LogP) is 3.09. The van der Waals surface area contributed by atoms with E-state index >= 15 is 0 Å². The van der Waals surface area contributed by atoms with Crippen molar-refractivity contribution in [1.29, 1.82) is 0 Å². The summed E-state index contributed by atoms with van der Waals surface area (Å²) >= 11 is 0. The maximum Gasteiger partial charge on any atom is 0.342 e. The van der Waals surface area contributed by atoms with Crippen LogP contribution in [0.15, 0.2) is 42.5 Å². The Labute approximate surface area is 157 Å². The van der Waals surface area contributed by atoms with Gasteiger partial charge in [-0.2, -0.15) is 0 Å².